The van der Waals surface area contributed by atoms with E-state index in [1.54, 1.807) is 0 Å². The molecular weight excluding hydrogens is 507 g/mol. The predicted molar refractivity (Wildman–Crippen MR) is 138 cm³/mol. The molecule has 0 radical (unpaired) electrons. The van der Waals surface area contributed by atoms with E-state index in [0.717, 1.165) is 36.3 Å². The fraction of sp³-hybridized carbons (Fsp3) is 0.591. The molecule has 1 fully saturated rings. The van der Waals surface area contributed by atoms with E-state index in [-0.39, 0.29) is 24.0 Å². The number of halogens is 1. The molecule has 0 amide bonds. The van der Waals surface area contributed by atoms with Crippen LogP contribution in [0.1, 0.15) is 55.2 Å². The third-order valence-corrected chi connectivity index (χ3v) is 6.41. The molecule has 0 unspecified atom stereocenters. The SMILES string of the molecule is CSCCCNC(=NCc1nnc(C)n1C)NC1CCC(c2ccccc2)CC1.I. The standard InChI is InChI=1S/C22H34N6S.HI/c1-17-26-27-21(28(17)2)16-24-22(23-14-7-15-29-3)25-20-12-10-19(11-13-20)18-8-5-4-6-9-18;/h4-6,8-9,19-20H,7,10-16H2,1-3H3,(H2,23,24,25);1H. The molecule has 1 aliphatic carbocycles. The Balaban J connectivity index is 0.00000320. The lowest BCUT2D eigenvalue weighted by atomic mass is 9.82. The van der Waals surface area contributed by atoms with Gasteiger partial charge in [0.2, 0.25) is 0 Å². The first-order valence-corrected chi connectivity index (χ1v) is 12.0. The smallest absolute Gasteiger partial charge is 0.191 e. The van der Waals surface area contributed by atoms with Gasteiger partial charge in [-0.3, -0.25) is 0 Å². The van der Waals surface area contributed by atoms with Gasteiger partial charge in [0.25, 0.3) is 0 Å². The number of aromatic nitrogens is 3. The Morgan fingerprint density at radius 2 is 1.90 bits per heavy atom. The molecule has 6 nitrogen and oxygen atoms in total. The molecule has 0 atom stereocenters. The minimum absolute atomic E-state index is 0. The number of benzene rings is 1. The highest BCUT2D eigenvalue weighted by Gasteiger charge is 2.23. The van der Waals surface area contributed by atoms with E-state index in [0.29, 0.717) is 18.5 Å². The zero-order valence-corrected chi connectivity index (χ0v) is 21.5. The Morgan fingerprint density at radius 1 is 1.17 bits per heavy atom. The second-order valence-electron chi connectivity index (χ2n) is 7.76. The van der Waals surface area contributed by atoms with Crippen LogP contribution in [0.15, 0.2) is 35.3 Å². The number of hydrogen-bond acceptors (Lipinski definition) is 4. The molecule has 2 aromatic rings. The first kappa shape index (κ1) is 25.0. The lowest BCUT2D eigenvalue weighted by Crippen LogP contribution is -2.45. The molecular formula is C22H35IN6S. The van der Waals surface area contributed by atoms with Gasteiger partial charge in [-0.15, -0.1) is 34.2 Å². The minimum Gasteiger partial charge on any atom is -0.356 e. The summed E-state index contributed by atoms with van der Waals surface area (Å²) in [4.78, 5) is 4.80. The molecule has 0 bridgehead atoms. The summed E-state index contributed by atoms with van der Waals surface area (Å²) >= 11 is 1.88. The van der Waals surface area contributed by atoms with E-state index in [9.17, 15) is 0 Å². The summed E-state index contributed by atoms with van der Waals surface area (Å²) in [7, 11) is 1.99. The maximum atomic E-state index is 4.80. The summed E-state index contributed by atoms with van der Waals surface area (Å²) in [5, 5.41) is 15.6. The summed E-state index contributed by atoms with van der Waals surface area (Å²) in [5.41, 5.74) is 1.48. The summed E-state index contributed by atoms with van der Waals surface area (Å²) < 4.78 is 2.00. The Bertz CT molecular complexity index is 771. The van der Waals surface area contributed by atoms with Crippen LogP contribution in [0.5, 0.6) is 0 Å². The average Bonchev–Trinajstić information content (AvgIpc) is 3.08. The van der Waals surface area contributed by atoms with E-state index in [1.807, 2.05) is 30.3 Å². The van der Waals surface area contributed by atoms with Crippen molar-refractivity contribution in [2.24, 2.45) is 12.0 Å². The number of aliphatic imine (C=N–C) groups is 1. The molecule has 1 aliphatic rings. The topological polar surface area (TPSA) is 67.1 Å². The van der Waals surface area contributed by atoms with Crippen LogP contribution < -0.4 is 10.6 Å². The molecule has 1 heterocycles. The number of hydrogen-bond donors (Lipinski definition) is 2. The van der Waals surface area contributed by atoms with Crippen molar-refractivity contribution in [1.29, 1.82) is 0 Å². The van der Waals surface area contributed by atoms with Crippen molar-refractivity contribution < 1.29 is 0 Å². The van der Waals surface area contributed by atoms with Gasteiger partial charge in [-0.25, -0.2) is 4.99 Å². The van der Waals surface area contributed by atoms with Crippen LogP contribution in [0.3, 0.4) is 0 Å². The molecule has 0 saturated heterocycles. The van der Waals surface area contributed by atoms with Crippen LogP contribution in [0, 0.1) is 6.92 Å². The van der Waals surface area contributed by atoms with Crippen molar-refractivity contribution in [2.45, 2.75) is 57.5 Å². The molecule has 1 aromatic carbocycles. The van der Waals surface area contributed by atoms with Gasteiger partial charge in [-0.05, 0) is 62.5 Å². The number of guanidine groups is 1. The van der Waals surface area contributed by atoms with Crippen molar-refractivity contribution >= 4 is 41.7 Å². The van der Waals surface area contributed by atoms with Crippen LogP contribution >= 0.6 is 35.7 Å². The average molecular weight is 543 g/mol. The molecule has 1 saturated carbocycles. The van der Waals surface area contributed by atoms with Gasteiger partial charge in [-0.1, -0.05) is 30.3 Å². The number of nitrogens with zero attached hydrogens (tertiary/aromatic N) is 4. The van der Waals surface area contributed by atoms with Crippen molar-refractivity contribution in [3.8, 4) is 0 Å². The zero-order valence-electron chi connectivity index (χ0n) is 18.3. The van der Waals surface area contributed by atoms with E-state index in [4.69, 9.17) is 4.99 Å². The quantitative estimate of drug-likeness (QED) is 0.226. The van der Waals surface area contributed by atoms with Crippen LogP contribution in [0.25, 0.3) is 0 Å². The fourth-order valence-corrected chi connectivity index (χ4v) is 4.24. The predicted octanol–water partition coefficient (Wildman–Crippen LogP) is 4.26. The lowest BCUT2D eigenvalue weighted by Gasteiger charge is -2.30. The van der Waals surface area contributed by atoms with E-state index in [2.05, 4.69) is 57.4 Å². The second-order valence-corrected chi connectivity index (χ2v) is 8.75. The van der Waals surface area contributed by atoms with E-state index in [1.165, 1.54) is 31.2 Å². The highest BCUT2D eigenvalue weighted by atomic mass is 127. The normalized spacial score (nSPS) is 19.2. The lowest BCUT2D eigenvalue weighted by molar-refractivity contribution is 0.371. The third kappa shape index (κ3) is 7.44. The summed E-state index contributed by atoms with van der Waals surface area (Å²) in [6, 6.07) is 11.4. The Hall–Kier alpha value is -1.29. The zero-order chi connectivity index (χ0) is 20.5. The van der Waals surface area contributed by atoms with Crippen molar-refractivity contribution in [2.75, 3.05) is 18.6 Å². The first-order chi connectivity index (χ1) is 14.2. The van der Waals surface area contributed by atoms with Crippen molar-refractivity contribution in [3.63, 3.8) is 0 Å². The highest BCUT2D eigenvalue weighted by molar-refractivity contribution is 14.0. The fourth-order valence-electron chi connectivity index (χ4n) is 3.80. The largest absolute Gasteiger partial charge is 0.356 e. The number of thioether (sulfide) groups is 1. The monoisotopic (exact) mass is 542 g/mol. The van der Waals surface area contributed by atoms with E-state index < -0.39 is 0 Å². The molecule has 30 heavy (non-hydrogen) atoms. The second kappa shape index (κ2) is 13.2. The number of rotatable bonds is 8. The van der Waals surface area contributed by atoms with Gasteiger partial charge in [0, 0.05) is 19.6 Å². The third-order valence-electron chi connectivity index (χ3n) is 5.72. The maximum Gasteiger partial charge on any atom is 0.191 e. The van der Waals surface area contributed by atoms with Gasteiger partial charge in [-0.2, -0.15) is 11.8 Å². The Kier molecular flexibility index (Phi) is 11.0. The van der Waals surface area contributed by atoms with Crippen molar-refractivity contribution in [1.82, 2.24) is 25.4 Å². The van der Waals surface area contributed by atoms with Crippen LogP contribution in [0.4, 0.5) is 0 Å². The van der Waals surface area contributed by atoms with Gasteiger partial charge < -0.3 is 15.2 Å². The summed E-state index contributed by atoms with van der Waals surface area (Å²) in [6.45, 7) is 3.43. The van der Waals surface area contributed by atoms with Crippen molar-refractivity contribution in [3.05, 3.63) is 47.5 Å². The molecule has 1 aromatic heterocycles. The van der Waals surface area contributed by atoms with Gasteiger partial charge in [0.05, 0.1) is 0 Å². The molecule has 2 N–H and O–H groups in total. The minimum atomic E-state index is 0. The first-order valence-electron chi connectivity index (χ1n) is 10.6. The highest BCUT2D eigenvalue weighted by Crippen LogP contribution is 2.32. The molecule has 0 spiro atoms. The number of nitrogens with one attached hydrogen (secondary N) is 2. The van der Waals surface area contributed by atoms with Gasteiger partial charge >= 0.3 is 0 Å². The molecule has 166 valence electrons. The van der Waals surface area contributed by atoms with Gasteiger partial charge in [0.1, 0.15) is 12.4 Å². The number of aryl methyl sites for hydroxylation is 1. The van der Waals surface area contributed by atoms with E-state index >= 15 is 0 Å². The summed E-state index contributed by atoms with van der Waals surface area (Å²) in [5.74, 6) is 4.54. The maximum absolute atomic E-state index is 4.80. The van der Waals surface area contributed by atoms with Gasteiger partial charge in [0.15, 0.2) is 11.8 Å². The van der Waals surface area contributed by atoms with Crippen LogP contribution in [-0.2, 0) is 13.6 Å². The van der Waals surface area contributed by atoms with Crippen LogP contribution in [0.2, 0.25) is 0 Å². The summed E-state index contributed by atoms with van der Waals surface area (Å²) in [6.07, 6.45) is 8.08. The molecule has 0 aliphatic heterocycles. The molecule has 3 rings (SSSR count). The molecule has 8 heteroatoms. The van der Waals surface area contributed by atoms with Crippen LogP contribution in [-0.4, -0.2) is 45.3 Å². The Labute approximate surface area is 202 Å². The Morgan fingerprint density at radius 3 is 2.53 bits per heavy atom.